The van der Waals surface area contributed by atoms with E-state index in [0.29, 0.717) is 0 Å². The van der Waals surface area contributed by atoms with Gasteiger partial charge in [-0.3, -0.25) is 4.99 Å². The molecule has 1 aromatic rings. The normalized spacial score (nSPS) is 15.6. The first-order valence-corrected chi connectivity index (χ1v) is 5.89. The summed E-state index contributed by atoms with van der Waals surface area (Å²) in [5, 5.41) is 3.40. The lowest BCUT2D eigenvalue weighted by Crippen LogP contribution is -2.39. The van der Waals surface area contributed by atoms with Gasteiger partial charge >= 0.3 is 0 Å². The van der Waals surface area contributed by atoms with Gasteiger partial charge in [0.1, 0.15) is 0 Å². The van der Waals surface area contributed by atoms with E-state index in [-0.39, 0.29) is 24.0 Å². The van der Waals surface area contributed by atoms with Crippen LogP contribution in [0.25, 0.3) is 0 Å². The standard InChI is InChI=1S/C13H19N3.HI/c1-14-13(16-9-5-6-10-16)15-11-12-7-3-2-4-8-12;/h2-4,7-8H,5-6,9-11H2,1H3,(H,14,15);1H. The van der Waals surface area contributed by atoms with Crippen LogP contribution in [0.2, 0.25) is 0 Å². The van der Waals surface area contributed by atoms with Crippen LogP contribution in [0.3, 0.4) is 0 Å². The van der Waals surface area contributed by atoms with Crippen molar-refractivity contribution in [3.05, 3.63) is 35.9 Å². The van der Waals surface area contributed by atoms with Gasteiger partial charge in [-0.1, -0.05) is 30.3 Å². The molecule has 0 saturated carbocycles. The molecule has 0 bridgehead atoms. The number of guanidine groups is 1. The first-order valence-electron chi connectivity index (χ1n) is 5.89. The van der Waals surface area contributed by atoms with Crippen LogP contribution in [0.5, 0.6) is 0 Å². The van der Waals surface area contributed by atoms with Crippen molar-refractivity contribution in [3.63, 3.8) is 0 Å². The molecule has 0 unspecified atom stereocenters. The fourth-order valence-electron chi connectivity index (χ4n) is 2.04. The molecular weight excluding hydrogens is 325 g/mol. The van der Waals surface area contributed by atoms with Crippen molar-refractivity contribution in [2.75, 3.05) is 20.1 Å². The molecule has 1 aliphatic rings. The molecule has 0 radical (unpaired) electrons. The number of hydrogen-bond donors (Lipinski definition) is 1. The van der Waals surface area contributed by atoms with Crippen molar-refractivity contribution in [1.82, 2.24) is 10.2 Å². The first-order chi connectivity index (χ1) is 7.90. The Kier molecular flexibility index (Phi) is 6.32. The molecule has 3 nitrogen and oxygen atoms in total. The second-order valence-electron chi connectivity index (χ2n) is 4.08. The third kappa shape index (κ3) is 4.18. The van der Waals surface area contributed by atoms with E-state index in [2.05, 4.69) is 39.5 Å². The Morgan fingerprint density at radius 1 is 1.24 bits per heavy atom. The van der Waals surface area contributed by atoms with Crippen LogP contribution in [-0.2, 0) is 6.54 Å². The van der Waals surface area contributed by atoms with E-state index >= 15 is 0 Å². The monoisotopic (exact) mass is 345 g/mol. The van der Waals surface area contributed by atoms with E-state index < -0.39 is 0 Å². The minimum absolute atomic E-state index is 0. The summed E-state index contributed by atoms with van der Waals surface area (Å²) in [6.07, 6.45) is 2.57. The molecule has 0 aliphatic carbocycles. The fraction of sp³-hybridized carbons (Fsp3) is 0.462. The van der Waals surface area contributed by atoms with Gasteiger partial charge in [-0.25, -0.2) is 0 Å². The average Bonchev–Trinajstić information content (AvgIpc) is 2.85. The third-order valence-corrected chi connectivity index (χ3v) is 2.91. The molecule has 4 heteroatoms. The van der Waals surface area contributed by atoms with Gasteiger partial charge in [0.25, 0.3) is 0 Å². The summed E-state index contributed by atoms with van der Waals surface area (Å²) in [5.74, 6) is 1.03. The molecule has 0 spiro atoms. The maximum absolute atomic E-state index is 4.32. The summed E-state index contributed by atoms with van der Waals surface area (Å²) in [7, 11) is 1.85. The fourth-order valence-corrected chi connectivity index (χ4v) is 2.04. The van der Waals surface area contributed by atoms with Crippen molar-refractivity contribution in [3.8, 4) is 0 Å². The lowest BCUT2D eigenvalue weighted by atomic mass is 10.2. The van der Waals surface area contributed by atoms with Crippen LogP contribution in [0.4, 0.5) is 0 Å². The Labute approximate surface area is 120 Å². The highest BCUT2D eigenvalue weighted by molar-refractivity contribution is 14.0. The number of halogens is 1. The second-order valence-corrected chi connectivity index (χ2v) is 4.08. The Morgan fingerprint density at radius 3 is 2.47 bits per heavy atom. The molecule has 1 N–H and O–H groups in total. The maximum atomic E-state index is 4.32. The smallest absolute Gasteiger partial charge is 0.193 e. The Hall–Kier alpha value is -0.780. The zero-order valence-electron chi connectivity index (χ0n) is 10.2. The topological polar surface area (TPSA) is 27.6 Å². The highest BCUT2D eigenvalue weighted by Crippen LogP contribution is 2.07. The van der Waals surface area contributed by atoms with Crippen LogP contribution < -0.4 is 5.32 Å². The molecule has 0 amide bonds. The number of benzene rings is 1. The molecule has 1 aliphatic heterocycles. The van der Waals surface area contributed by atoms with E-state index in [0.717, 1.165) is 25.6 Å². The zero-order chi connectivity index (χ0) is 11.2. The number of hydrogen-bond acceptors (Lipinski definition) is 1. The quantitative estimate of drug-likeness (QED) is 0.507. The van der Waals surface area contributed by atoms with Crippen molar-refractivity contribution >= 4 is 29.9 Å². The van der Waals surface area contributed by atoms with Crippen molar-refractivity contribution in [2.45, 2.75) is 19.4 Å². The second kappa shape index (κ2) is 7.53. The van der Waals surface area contributed by atoms with Gasteiger partial charge in [0.15, 0.2) is 5.96 Å². The Bertz CT molecular complexity index is 345. The van der Waals surface area contributed by atoms with E-state index in [4.69, 9.17) is 0 Å². The number of likely N-dealkylation sites (tertiary alicyclic amines) is 1. The maximum Gasteiger partial charge on any atom is 0.193 e. The van der Waals surface area contributed by atoms with Gasteiger partial charge in [-0.05, 0) is 18.4 Å². The minimum atomic E-state index is 0. The molecule has 2 rings (SSSR count). The van der Waals surface area contributed by atoms with Crippen LogP contribution in [-0.4, -0.2) is 31.0 Å². The Balaban J connectivity index is 0.00000144. The van der Waals surface area contributed by atoms with E-state index in [1.807, 2.05) is 13.1 Å². The molecule has 1 aromatic carbocycles. The van der Waals surface area contributed by atoms with Crippen LogP contribution in [0.15, 0.2) is 35.3 Å². The minimum Gasteiger partial charge on any atom is -0.352 e. The SMILES string of the molecule is CN=C(NCc1ccccc1)N1CCCC1.I. The first kappa shape index (κ1) is 14.3. The molecule has 0 aromatic heterocycles. The van der Waals surface area contributed by atoms with E-state index in [1.165, 1.54) is 18.4 Å². The molecule has 1 heterocycles. The van der Waals surface area contributed by atoms with E-state index in [1.54, 1.807) is 0 Å². The predicted molar refractivity (Wildman–Crippen MR) is 82.9 cm³/mol. The Morgan fingerprint density at radius 2 is 1.88 bits per heavy atom. The highest BCUT2D eigenvalue weighted by Gasteiger charge is 2.14. The summed E-state index contributed by atoms with van der Waals surface area (Å²) < 4.78 is 0. The van der Waals surface area contributed by atoms with Gasteiger partial charge in [-0.15, -0.1) is 24.0 Å². The van der Waals surface area contributed by atoms with E-state index in [9.17, 15) is 0 Å². The van der Waals surface area contributed by atoms with Crippen LogP contribution in [0, 0.1) is 0 Å². The summed E-state index contributed by atoms with van der Waals surface area (Å²) in [5.41, 5.74) is 1.29. The summed E-state index contributed by atoms with van der Waals surface area (Å²) >= 11 is 0. The number of nitrogens with zero attached hydrogens (tertiary/aromatic N) is 2. The van der Waals surface area contributed by atoms with Crippen molar-refractivity contribution < 1.29 is 0 Å². The van der Waals surface area contributed by atoms with Gasteiger partial charge < -0.3 is 10.2 Å². The van der Waals surface area contributed by atoms with Crippen molar-refractivity contribution in [2.24, 2.45) is 4.99 Å². The van der Waals surface area contributed by atoms with Crippen LogP contribution >= 0.6 is 24.0 Å². The lowest BCUT2D eigenvalue weighted by molar-refractivity contribution is 0.493. The molecule has 0 atom stereocenters. The number of aliphatic imine (C=N–C) groups is 1. The average molecular weight is 345 g/mol. The number of nitrogens with one attached hydrogen (secondary N) is 1. The molecule has 17 heavy (non-hydrogen) atoms. The molecule has 1 saturated heterocycles. The van der Waals surface area contributed by atoms with Crippen molar-refractivity contribution in [1.29, 1.82) is 0 Å². The van der Waals surface area contributed by atoms with Gasteiger partial charge in [-0.2, -0.15) is 0 Å². The van der Waals surface area contributed by atoms with Gasteiger partial charge in [0, 0.05) is 26.7 Å². The highest BCUT2D eigenvalue weighted by atomic mass is 127. The zero-order valence-corrected chi connectivity index (χ0v) is 12.6. The molecule has 1 fully saturated rings. The summed E-state index contributed by atoms with van der Waals surface area (Å²) in [6, 6.07) is 10.4. The van der Waals surface area contributed by atoms with Gasteiger partial charge in [0.2, 0.25) is 0 Å². The summed E-state index contributed by atoms with van der Waals surface area (Å²) in [6.45, 7) is 3.12. The molecule has 94 valence electrons. The molecular formula is C13H20IN3. The number of rotatable bonds is 2. The largest absolute Gasteiger partial charge is 0.352 e. The lowest BCUT2D eigenvalue weighted by Gasteiger charge is -2.20. The summed E-state index contributed by atoms with van der Waals surface area (Å²) in [4.78, 5) is 6.64. The van der Waals surface area contributed by atoms with Crippen LogP contribution in [0.1, 0.15) is 18.4 Å². The third-order valence-electron chi connectivity index (χ3n) is 2.91. The predicted octanol–water partition coefficient (Wildman–Crippen LogP) is 2.48. The van der Waals surface area contributed by atoms with Gasteiger partial charge in [0.05, 0.1) is 0 Å².